The molecule has 0 radical (unpaired) electrons. The van der Waals surface area contributed by atoms with Crippen LogP contribution in [0, 0.1) is 0 Å². The maximum atomic E-state index is 10.6. The van der Waals surface area contributed by atoms with Crippen molar-refractivity contribution in [3.63, 3.8) is 0 Å². The summed E-state index contributed by atoms with van der Waals surface area (Å²) in [4.78, 5) is 14.7. The number of carbonyl (C=O) groups is 1. The molecule has 1 aromatic carbocycles. The second-order valence-electron chi connectivity index (χ2n) is 5.66. The van der Waals surface area contributed by atoms with Gasteiger partial charge in [-0.3, -0.25) is 9.78 Å². The minimum atomic E-state index is -0.864. The molecule has 0 saturated heterocycles. The third-order valence-electron chi connectivity index (χ3n) is 3.95. The van der Waals surface area contributed by atoms with Crippen LogP contribution in [0.1, 0.15) is 29.5 Å². The third kappa shape index (κ3) is 3.59. The highest BCUT2D eigenvalue weighted by Gasteiger charge is 2.23. The van der Waals surface area contributed by atoms with Gasteiger partial charge >= 0.3 is 5.97 Å². The van der Waals surface area contributed by atoms with Gasteiger partial charge in [0, 0.05) is 48.8 Å². The van der Waals surface area contributed by atoms with E-state index in [-0.39, 0.29) is 18.8 Å². The number of carboxylic acid groups (broad SMARTS) is 1. The molecule has 0 atom stereocenters. The van der Waals surface area contributed by atoms with Gasteiger partial charge in [-0.25, -0.2) is 0 Å². The average molecular weight is 329 g/mol. The smallest absolute Gasteiger partial charge is 0.303 e. The first-order valence-corrected chi connectivity index (χ1v) is 7.89. The molecule has 24 heavy (non-hydrogen) atoms. The van der Waals surface area contributed by atoms with E-state index in [9.17, 15) is 9.90 Å². The molecule has 126 valence electrons. The Morgan fingerprint density at radius 1 is 1.42 bits per heavy atom. The summed E-state index contributed by atoms with van der Waals surface area (Å²) in [5, 5.41) is 19.3. The van der Waals surface area contributed by atoms with E-state index in [1.807, 2.05) is 12.1 Å². The number of ether oxygens (including phenoxy) is 2. The molecule has 0 bridgehead atoms. The SMILES string of the molecule is O=C(O)CCCOc1cc2c(c(Cc3cccnc3)c1O)CCO2. The van der Waals surface area contributed by atoms with Crippen LogP contribution in [-0.2, 0) is 17.6 Å². The van der Waals surface area contributed by atoms with Gasteiger partial charge in [-0.2, -0.15) is 0 Å². The molecule has 2 aromatic rings. The number of aliphatic carboxylic acids is 1. The molecular weight excluding hydrogens is 310 g/mol. The maximum Gasteiger partial charge on any atom is 0.303 e. The predicted octanol–water partition coefficient (Wildman–Crippen LogP) is 2.56. The lowest BCUT2D eigenvalue weighted by molar-refractivity contribution is -0.137. The average Bonchev–Trinajstić information content (AvgIpc) is 3.04. The van der Waals surface area contributed by atoms with Crippen molar-refractivity contribution in [3.8, 4) is 17.2 Å². The molecule has 1 aliphatic rings. The van der Waals surface area contributed by atoms with E-state index in [4.69, 9.17) is 14.6 Å². The topological polar surface area (TPSA) is 88.9 Å². The molecule has 0 spiro atoms. The predicted molar refractivity (Wildman–Crippen MR) is 86.7 cm³/mol. The van der Waals surface area contributed by atoms with Crippen LogP contribution in [0.5, 0.6) is 17.2 Å². The lowest BCUT2D eigenvalue weighted by atomic mass is 9.97. The van der Waals surface area contributed by atoms with Crippen molar-refractivity contribution in [1.82, 2.24) is 4.98 Å². The van der Waals surface area contributed by atoms with Crippen LogP contribution in [0.4, 0.5) is 0 Å². The molecule has 0 unspecified atom stereocenters. The van der Waals surface area contributed by atoms with E-state index < -0.39 is 5.97 Å². The second kappa shape index (κ2) is 7.21. The molecule has 6 nitrogen and oxygen atoms in total. The number of aromatic hydroxyl groups is 1. The molecule has 1 aliphatic heterocycles. The standard InChI is InChI=1S/C18H19NO5/c20-17(21)4-2-7-23-16-10-15-13(5-8-24-15)14(18(16)22)9-12-3-1-6-19-11-12/h1,3,6,10-11,22H,2,4-5,7-9H2,(H,20,21). The van der Waals surface area contributed by atoms with Crippen LogP contribution in [0.2, 0.25) is 0 Å². The van der Waals surface area contributed by atoms with Gasteiger partial charge in [0.05, 0.1) is 13.2 Å². The highest BCUT2D eigenvalue weighted by Crippen LogP contribution is 2.42. The van der Waals surface area contributed by atoms with Crippen LogP contribution in [-0.4, -0.2) is 34.4 Å². The number of phenolic OH excluding ortho intramolecular Hbond substituents is 1. The van der Waals surface area contributed by atoms with E-state index in [1.165, 1.54) is 0 Å². The van der Waals surface area contributed by atoms with Crippen LogP contribution in [0.25, 0.3) is 0 Å². The molecule has 0 amide bonds. The number of hydrogen-bond donors (Lipinski definition) is 2. The zero-order valence-corrected chi connectivity index (χ0v) is 13.2. The van der Waals surface area contributed by atoms with Crippen molar-refractivity contribution in [2.45, 2.75) is 25.7 Å². The van der Waals surface area contributed by atoms with E-state index in [0.717, 1.165) is 28.9 Å². The van der Waals surface area contributed by atoms with Gasteiger partial charge in [0.2, 0.25) is 0 Å². The van der Waals surface area contributed by atoms with E-state index in [2.05, 4.69) is 4.98 Å². The van der Waals surface area contributed by atoms with Gasteiger partial charge in [0.1, 0.15) is 5.75 Å². The maximum absolute atomic E-state index is 10.6. The number of carboxylic acids is 1. The Hall–Kier alpha value is -2.76. The number of fused-ring (bicyclic) bond motifs is 1. The summed E-state index contributed by atoms with van der Waals surface area (Å²) in [5.41, 5.74) is 2.77. The number of pyridine rings is 1. The van der Waals surface area contributed by atoms with Crippen molar-refractivity contribution in [3.05, 3.63) is 47.3 Å². The lowest BCUT2D eigenvalue weighted by Gasteiger charge is -2.15. The molecule has 3 rings (SSSR count). The highest BCUT2D eigenvalue weighted by atomic mass is 16.5. The van der Waals surface area contributed by atoms with E-state index in [0.29, 0.717) is 25.2 Å². The molecule has 2 N–H and O–H groups in total. The summed E-state index contributed by atoms with van der Waals surface area (Å²) >= 11 is 0. The Kier molecular flexibility index (Phi) is 4.84. The molecule has 1 aromatic heterocycles. The van der Waals surface area contributed by atoms with E-state index in [1.54, 1.807) is 18.5 Å². The quantitative estimate of drug-likeness (QED) is 0.759. The zero-order chi connectivity index (χ0) is 16.9. The summed E-state index contributed by atoms with van der Waals surface area (Å²) in [6.45, 7) is 0.808. The minimum absolute atomic E-state index is 0.0325. The fourth-order valence-corrected chi connectivity index (χ4v) is 2.79. The van der Waals surface area contributed by atoms with Crippen LogP contribution >= 0.6 is 0 Å². The number of hydrogen-bond acceptors (Lipinski definition) is 5. The third-order valence-corrected chi connectivity index (χ3v) is 3.95. The van der Waals surface area contributed by atoms with Crippen LogP contribution < -0.4 is 9.47 Å². The molecule has 0 aliphatic carbocycles. The Morgan fingerprint density at radius 2 is 2.29 bits per heavy atom. The Balaban J connectivity index is 1.83. The lowest BCUT2D eigenvalue weighted by Crippen LogP contribution is -2.04. The van der Waals surface area contributed by atoms with Crippen molar-refractivity contribution < 1.29 is 24.5 Å². The normalized spacial score (nSPS) is 12.5. The monoisotopic (exact) mass is 329 g/mol. The highest BCUT2D eigenvalue weighted by molar-refractivity contribution is 5.66. The Labute approximate surface area is 139 Å². The number of phenols is 1. The molecule has 0 fully saturated rings. The van der Waals surface area contributed by atoms with Gasteiger partial charge in [-0.15, -0.1) is 0 Å². The second-order valence-corrected chi connectivity index (χ2v) is 5.66. The Morgan fingerprint density at radius 3 is 3.04 bits per heavy atom. The zero-order valence-electron chi connectivity index (χ0n) is 13.2. The van der Waals surface area contributed by atoms with Crippen molar-refractivity contribution in [2.75, 3.05) is 13.2 Å². The van der Waals surface area contributed by atoms with Crippen LogP contribution in [0.3, 0.4) is 0 Å². The molecule has 2 heterocycles. The van der Waals surface area contributed by atoms with Gasteiger partial charge in [-0.05, 0) is 18.1 Å². The number of rotatable bonds is 7. The summed E-state index contributed by atoms with van der Waals surface area (Å²) in [6.07, 6.45) is 5.17. The number of aromatic nitrogens is 1. The summed E-state index contributed by atoms with van der Waals surface area (Å²) in [5.74, 6) is 0.288. The first-order valence-electron chi connectivity index (χ1n) is 7.89. The van der Waals surface area contributed by atoms with Crippen LogP contribution in [0.15, 0.2) is 30.6 Å². The molecular formula is C18H19NO5. The molecule has 0 saturated carbocycles. The Bertz CT molecular complexity index is 730. The van der Waals surface area contributed by atoms with Gasteiger partial charge < -0.3 is 19.7 Å². The molecule has 6 heteroatoms. The first kappa shape index (κ1) is 16.1. The summed E-state index contributed by atoms with van der Waals surface area (Å²) in [6, 6.07) is 5.50. The van der Waals surface area contributed by atoms with Gasteiger partial charge in [0.25, 0.3) is 0 Å². The first-order chi connectivity index (χ1) is 11.6. The van der Waals surface area contributed by atoms with Crippen molar-refractivity contribution in [1.29, 1.82) is 0 Å². The van der Waals surface area contributed by atoms with Crippen molar-refractivity contribution in [2.24, 2.45) is 0 Å². The summed E-state index contributed by atoms with van der Waals surface area (Å²) < 4.78 is 11.2. The summed E-state index contributed by atoms with van der Waals surface area (Å²) in [7, 11) is 0. The minimum Gasteiger partial charge on any atom is -0.504 e. The van der Waals surface area contributed by atoms with Gasteiger partial charge in [0.15, 0.2) is 11.5 Å². The van der Waals surface area contributed by atoms with E-state index >= 15 is 0 Å². The number of benzene rings is 1. The fraction of sp³-hybridized carbons (Fsp3) is 0.333. The number of nitrogens with zero attached hydrogens (tertiary/aromatic N) is 1. The van der Waals surface area contributed by atoms with Crippen molar-refractivity contribution >= 4 is 5.97 Å². The largest absolute Gasteiger partial charge is 0.504 e. The fourth-order valence-electron chi connectivity index (χ4n) is 2.79. The van der Waals surface area contributed by atoms with Gasteiger partial charge in [-0.1, -0.05) is 6.07 Å².